The number of hydrogen-bond acceptors (Lipinski definition) is 2. The van der Waals surface area contributed by atoms with E-state index in [0.717, 1.165) is 11.3 Å². The smallest absolute Gasteiger partial charge is 0.265 e. The van der Waals surface area contributed by atoms with Crippen molar-refractivity contribution in [1.82, 2.24) is 15.0 Å². The summed E-state index contributed by atoms with van der Waals surface area (Å²) in [5.41, 5.74) is 2.31. The molecule has 0 fully saturated rings. The Bertz CT molecular complexity index is 748. The molecule has 0 saturated carbocycles. The number of nitrogens with one attached hydrogen (secondary N) is 2. The zero-order valence-electron chi connectivity index (χ0n) is 9.85. The van der Waals surface area contributed by atoms with Crippen molar-refractivity contribution in [2.24, 2.45) is 0 Å². The van der Waals surface area contributed by atoms with E-state index in [9.17, 15) is 4.79 Å². The molecule has 3 aromatic rings. The first-order valence-electron chi connectivity index (χ1n) is 5.75. The lowest BCUT2D eigenvalue weighted by atomic mass is 10.1. The molecule has 4 nitrogen and oxygen atoms in total. The van der Waals surface area contributed by atoms with Crippen molar-refractivity contribution in [1.29, 1.82) is 0 Å². The van der Waals surface area contributed by atoms with Crippen molar-refractivity contribution in [3.63, 3.8) is 0 Å². The van der Waals surface area contributed by atoms with E-state index >= 15 is 0 Å². The fraction of sp³-hybridized carbons (Fsp3) is 0. The molecule has 1 aromatic carbocycles. The summed E-state index contributed by atoms with van der Waals surface area (Å²) in [6.45, 7) is 0. The number of rotatable bonds is 2. The first kappa shape index (κ1) is 12.2. The van der Waals surface area contributed by atoms with Crippen molar-refractivity contribution in [2.45, 2.75) is 0 Å². The molecule has 0 saturated heterocycles. The summed E-state index contributed by atoms with van der Waals surface area (Å²) in [5, 5.41) is 0. The molecule has 0 atom stereocenters. The Balaban J connectivity index is 2.23. The minimum absolute atomic E-state index is 0.126. The standard InChI is InChI=1S/C14H10IN3O/c15-11-12(9-5-2-1-3-6-9)17-13(18-14(11)19)10-7-4-8-16-10/h1-8,16H,(H,17,18,19). The van der Waals surface area contributed by atoms with E-state index in [0.29, 0.717) is 15.1 Å². The molecule has 0 aliphatic heterocycles. The molecule has 2 aromatic heterocycles. The SMILES string of the molecule is O=c1[nH]c(-c2ccc[nH]2)nc(-c2ccccc2)c1I. The normalized spacial score (nSPS) is 10.6. The van der Waals surface area contributed by atoms with Gasteiger partial charge in [-0.1, -0.05) is 30.3 Å². The van der Waals surface area contributed by atoms with Crippen LogP contribution < -0.4 is 5.56 Å². The maximum absolute atomic E-state index is 12.0. The summed E-state index contributed by atoms with van der Waals surface area (Å²) in [6, 6.07) is 13.4. The Kier molecular flexibility index (Phi) is 3.20. The fourth-order valence-electron chi connectivity index (χ4n) is 1.85. The highest BCUT2D eigenvalue weighted by Gasteiger charge is 2.12. The summed E-state index contributed by atoms with van der Waals surface area (Å²) in [7, 11) is 0. The molecule has 0 aliphatic carbocycles. The Hall–Kier alpha value is -1.89. The van der Waals surface area contributed by atoms with E-state index in [1.54, 1.807) is 6.20 Å². The number of aromatic nitrogens is 3. The Morgan fingerprint density at radius 2 is 1.84 bits per heavy atom. The molecular formula is C14H10IN3O. The van der Waals surface area contributed by atoms with Crippen LogP contribution in [0.1, 0.15) is 0 Å². The third kappa shape index (κ3) is 2.33. The highest BCUT2D eigenvalue weighted by atomic mass is 127. The van der Waals surface area contributed by atoms with Crippen molar-refractivity contribution >= 4 is 22.6 Å². The van der Waals surface area contributed by atoms with Gasteiger partial charge in [-0.3, -0.25) is 4.79 Å². The summed E-state index contributed by atoms with van der Waals surface area (Å²) < 4.78 is 0.596. The second-order valence-electron chi connectivity index (χ2n) is 4.03. The topological polar surface area (TPSA) is 61.5 Å². The molecule has 0 aliphatic rings. The van der Waals surface area contributed by atoms with Crippen LogP contribution in [0.2, 0.25) is 0 Å². The van der Waals surface area contributed by atoms with Crippen molar-refractivity contribution in [2.75, 3.05) is 0 Å². The van der Waals surface area contributed by atoms with Crippen LogP contribution in [0.4, 0.5) is 0 Å². The van der Waals surface area contributed by atoms with Gasteiger partial charge in [0.15, 0.2) is 5.82 Å². The second kappa shape index (κ2) is 5.00. The van der Waals surface area contributed by atoms with E-state index in [4.69, 9.17) is 0 Å². The van der Waals surface area contributed by atoms with E-state index < -0.39 is 0 Å². The molecule has 0 unspecified atom stereocenters. The van der Waals surface area contributed by atoms with Gasteiger partial charge >= 0.3 is 0 Å². The van der Waals surface area contributed by atoms with Crippen LogP contribution >= 0.6 is 22.6 Å². The lowest BCUT2D eigenvalue weighted by molar-refractivity contribution is 1.10. The molecule has 2 heterocycles. The van der Waals surface area contributed by atoms with E-state index in [1.807, 2.05) is 65.1 Å². The molecule has 0 spiro atoms. The molecule has 5 heteroatoms. The summed E-state index contributed by atoms with van der Waals surface area (Å²) >= 11 is 2.03. The first-order chi connectivity index (χ1) is 9.25. The summed E-state index contributed by atoms with van der Waals surface area (Å²) in [6.07, 6.45) is 1.80. The van der Waals surface area contributed by atoms with Gasteiger partial charge in [0.25, 0.3) is 5.56 Å². The van der Waals surface area contributed by atoms with Crippen LogP contribution in [0.25, 0.3) is 22.8 Å². The zero-order valence-corrected chi connectivity index (χ0v) is 12.0. The predicted molar refractivity (Wildman–Crippen MR) is 82.8 cm³/mol. The van der Waals surface area contributed by atoms with Crippen LogP contribution in [0.3, 0.4) is 0 Å². The third-order valence-corrected chi connectivity index (χ3v) is 3.76. The van der Waals surface area contributed by atoms with Gasteiger partial charge in [-0.25, -0.2) is 4.98 Å². The maximum Gasteiger partial charge on any atom is 0.265 e. The van der Waals surface area contributed by atoms with Gasteiger partial charge in [0.05, 0.1) is 11.4 Å². The van der Waals surface area contributed by atoms with Gasteiger partial charge in [-0.15, -0.1) is 0 Å². The highest BCUT2D eigenvalue weighted by Crippen LogP contribution is 2.22. The van der Waals surface area contributed by atoms with Gasteiger partial charge in [0.2, 0.25) is 0 Å². The highest BCUT2D eigenvalue weighted by molar-refractivity contribution is 14.1. The Morgan fingerprint density at radius 3 is 2.53 bits per heavy atom. The van der Waals surface area contributed by atoms with Crippen molar-refractivity contribution in [3.05, 3.63) is 62.6 Å². The molecule has 19 heavy (non-hydrogen) atoms. The fourth-order valence-corrected chi connectivity index (χ4v) is 2.42. The Labute approximate surface area is 123 Å². The summed E-state index contributed by atoms with van der Waals surface area (Å²) in [4.78, 5) is 22.4. The molecule has 3 rings (SSSR count). The van der Waals surface area contributed by atoms with E-state index in [-0.39, 0.29) is 5.56 Å². The minimum Gasteiger partial charge on any atom is -0.359 e. The van der Waals surface area contributed by atoms with Crippen LogP contribution in [-0.4, -0.2) is 15.0 Å². The van der Waals surface area contributed by atoms with Crippen LogP contribution in [0.15, 0.2) is 53.5 Å². The molecule has 0 radical (unpaired) electrons. The quantitative estimate of drug-likeness (QED) is 0.688. The van der Waals surface area contributed by atoms with E-state index in [1.165, 1.54) is 0 Å². The number of aromatic amines is 2. The third-order valence-electron chi connectivity index (χ3n) is 2.76. The number of nitrogens with zero attached hydrogens (tertiary/aromatic N) is 1. The lowest BCUT2D eigenvalue weighted by Crippen LogP contribution is -2.14. The van der Waals surface area contributed by atoms with Crippen LogP contribution in [0.5, 0.6) is 0 Å². The average molecular weight is 363 g/mol. The van der Waals surface area contributed by atoms with Gasteiger partial charge in [-0.05, 0) is 34.7 Å². The summed E-state index contributed by atoms with van der Waals surface area (Å²) in [5.74, 6) is 0.550. The van der Waals surface area contributed by atoms with Gasteiger partial charge in [-0.2, -0.15) is 0 Å². The molecular weight excluding hydrogens is 353 g/mol. The number of H-pyrrole nitrogens is 2. The van der Waals surface area contributed by atoms with Crippen molar-refractivity contribution in [3.8, 4) is 22.8 Å². The number of halogens is 1. The van der Waals surface area contributed by atoms with Gasteiger partial charge < -0.3 is 9.97 Å². The number of benzene rings is 1. The average Bonchev–Trinajstić information content (AvgIpc) is 2.97. The predicted octanol–water partition coefficient (Wildman–Crippen LogP) is 3.04. The zero-order chi connectivity index (χ0) is 13.2. The monoisotopic (exact) mass is 363 g/mol. The van der Waals surface area contributed by atoms with Gasteiger partial charge in [0, 0.05) is 11.8 Å². The second-order valence-corrected chi connectivity index (χ2v) is 5.11. The Morgan fingerprint density at radius 1 is 1.05 bits per heavy atom. The van der Waals surface area contributed by atoms with Crippen LogP contribution in [0, 0.1) is 3.57 Å². The first-order valence-corrected chi connectivity index (χ1v) is 6.82. The van der Waals surface area contributed by atoms with Crippen molar-refractivity contribution < 1.29 is 0 Å². The molecule has 94 valence electrons. The number of hydrogen-bond donors (Lipinski definition) is 2. The molecule has 2 N–H and O–H groups in total. The largest absolute Gasteiger partial charge is 0.359 e. The maximum atomic E-state index is 12.0. The van der Waals surface area contributed by atoms with Crippen LogP contribution in [-0.2, 0) is 0 Å². The van der Waals surface area contributed by atoms with E-state index in [2.05, 4.69) is 15.0 Å². The lowest BCUT2D eigenvalue weighted by Gasteiger charge is -2.05. The molecule has 0 bridgehead atoms. The minimum atomic E-state index is -0.126. The molecule has 0 amide bonds. The van der Waals surface area contributed by atoms with Gasteiger partial charge in [0.1, 0.15) is 3.57 Å².